The van der Waals surface area contributed by atoms with Gasteiger partial charge in [-0.25, -0.2) is 10.1 Å². The molecule has 1 amide bonds. The number of fused-ring (bicyclic) bond motifs is 1. The van der Waals surface area contributed by atoms with E-state index in [9.17, 15) is 14.4 Å². The van der Waals surface area contributed by atoms with Crippen LogP contribution in [-0.2, 0) is 0 Å². The first kappa shape index (κ1) is 18.7. The molecule has 1 atom stereocenters. The second kappa shape index (κ2) is 7.51. The summed E-state index contributed by atoms with van der Waals surface area (Å²) in [5.41, 5.74) is 0.477. The van der Waals surface area contributed by atoms with Gasteiger partial charge in [-0.1, -0.05) is 25.0 Å². The van der Waals surface area contributed by atoms with Gasteiger partial charge >= 0.3 is 0 Å². The van der Waals surface area contributed by atoms with E-state index in [2.05, 4.69) is 10.2 Å². The van der Waals surface area contributed by atoms with Gasteiger partial charge in [0, 0.05) is 18.7 Å². The van der Waals surface area contributed by atoms with Crippen LogP contribution in [0.5, 0.6) is 0 Å². The molecule has 154 valence electrons. The molecule has 2 fully saturated rings. The lowest BCUT2D eigenvalue weighted by molar-refractivity contribution is 0.0717. The van der Waals surface area contributed by atoms with Crippen molar-refractivity contribution >= 4 is 16.8 Å². The zero-order valence-corrected chi connectivity index (χ0v) is 16.6. The molecule has 1 aliphatic heterocycles. The summed E-state index contributed by atoms with van der Waals surface area (Å²) in [6.07, 6.45) is 5.67. The summed E-state index contributed by atoms with van der Waals surface area (Å²) >= 11 is 0. The molecule has 3 heterocycles. The van der Waals surface area contributed by atoms with Crippen molar-refractivity contribution in [2.45, 2.75) is 50.6 Å². The molecule has 1 unspecified atom stereocenters. The maximum absolute atomic E-state index is 13.4. The third-order valence-electron chi connectivity index (χ3n) is 6.23. The summed E-state index contributed by atoms with van der Waals surface area (Å²) < 4.78 is 1.85. The lowest BCUT2D eigenvalue weighted by Gasteiger charge is -2.28. The van der Waals surface area contributed by atoms with E-state index in [1.54, 1.807) is 4.90 Å². The van der Waals surface area contributed by atoms with Gasteiger partial charge in [0.05, 0.1) is 16.9 Å². The van der Waals surface area contributed by atoms with Crippen LogP contribution in [0.1, 0.15) is 66.9 Å². The zero-order chi connectivity index (χ0) is 20.7. The molecule has 0 radical (unpaired) electrons. The molecule has 2 aliphatic rings. The van der Waals surface area contributed by atoms with Gasteiger partial charge in [0.25, 0.3) is 17.0 Å². The number of likely N-dealkylation sites (tertiary alicyclic amines) is 1. The highest BCUT2D eigenvalue weighted by atomic mass is 16.2. The molecule has 1 aromatic carbocycles. The minimum atomic E-state index is -0.351. The predicted octanol–water partition coefficient (Wildman–Crippen LogP) is 2.57. The highest BCUT2D eigenvalue weighted by Crippen LogP contribution is 2.36. The number of para-hydroxylation sites is 1. The Bertz CT molecular complexity index is 1200. The normalized spacial score (nSPS) is 19.6. The van der Waals surface area contributed by atoms with Crippen molar-refractivity contribution in [1.82, 2.24) is 24.6 Å². The smallest absolute Gasteiger partial charge is 0.274 e. The standard InChI is InChI=1S/C22H23N5O3/c28-19-12-11-17(24-25-19)22(30)26-13-5-10-18(26)20-23-16-9-4-3-8-15(16)21(29)27(20)14-6-1-2-7-14/h3-4,8-9,11-12,14,18H,1-2,5-7,10,13H2,(H,25,28). The Hall–Kier alpha value is -3.29. The van der Waals surface area contributed by atoms with Gasteiger partial charge in [-0.3, -0.25) is 19.0 Å². The second-order valence-corrected chi connectivity index (χ2v) is 8.06. The first-order valence-electron chi connectivity index (χ1n) is 10.5. The Labute approximate surface area is 172 Å². The van der Waals surface area contributed by atoms with Crippen molar-refractivity contribution < 1.29 is 4.79 Å². The number of nitrogens with one attached hydrogen (secondary N) is 1. The molecule has 1 saturated carbocycles. The number of H-pyrrole nitrogens is 1. The van der Waals surface area contributed by atoms with Crippen molar-refractivity contribution in [3.8, 4) is 0 Å². The lowest BCUT2D eigenvalue weighted by Crippen LogP contribution is -2.37. The van der Waals surface area contributed by atoms with Crippen LogP contribution in [0.25, 0.3) is 10.9 Å². The molecular weight excluding hydrogens is 382 g/mol. The fourth-order valence-corrected chi connectivity index (χ4v) is 4.80. The van der Waals surface area contributed by atoms with Crippen molar-refractivity contribution in [3.63, 3.8) is 0 Å². The number of rotatable bonds is 3. The van der Waals surface area contributed by atoms with Crippen LogP contribution in [-0.4, -0.2) is 37.1 Å². The van der Waals surface area contributed by atoms with E-state index in [1.807, 2.05) is 28.8 Å². The number of amides is 1. The van der Waals surface area contributed by atoms with E-state index in [0.717, 1.165) is 38.5 Å². The number of carbonyl (C=O) groups excluding carboxylic acids is 1. The average molecular weight is 405 g/mol. The maximum atomic E-state index is 13.4. The highest BCUT2D eigenvalue weighted by Gasteiger charge is 2.36. The Kier molecular flexibility index (Phi) is 4.69. The largest absolute Gasteiger partial charge is 0.327 e. The average Bonchev–Trinajstić information content (AvgIpc) is 3.46. The van der Waals surface area contributed by atoms with E-state index in [4.69, 9.17) is 4.98 Å². The van der Waals surface area contributed by atoms with E-state index in [-0.39, 0.29) is 34.8 Å². The van der Waals surface area contributed by atoms with Gasteiger partial charge < -0.3 is 4.90 Å². The van der Waals surface area contributed by atoms with Crippen LogP contribution in [0.3, 0.4) is 0 Å². The van der Waals surface area contributed by atoms with Gasteiger partial charge in [-0.15, -0.1) is 0 Å². The van der Waals surface area contributed by atoms with Crippen LogP contribution in [0.4, 0.5) is 0 Å². The number of aromatic amines is 1. The van der Waals surface area contributed by atoms with E-state index < -0.39 is 0 Å². The molecular formula is C22H23N5O3. The van der Waals surface area contributed by atoms with Gasteiger partial charge in [-0.2, -0.15) is 5.10 Å². The molecule has 1 N–H and O–H groups in total. The molecule has 8 nitrogen and oxygen atoms in total. The fraction of sp³-hybridized carbons (Fsp3) is 0.409. The van der Waals surface area contributed by atoms with E-state index >= 15 is 0 Å². The third kappa shape index (κ3) is 3.12. The third-order valence-corrected chi connectivity index (χ3v) is 6.23. The Morgan fingerprint density at radius 2 is 1.80 bits per heavy atom. The Morgan fingerprint density at radius 3 is 2.57 bits per heavy atom. The quantitative estimate of drug-likeness (QED) is 0.722. The van der Waals surface area contributed by atoms with Gasteiger partial charge in [0.1, 0.15) is 11.5 Å². The Morgan fingerprint density at radius 1 is 1.00 bits per heavy atom. The van der Waals surface area contributed by atoms with E-state index in [1.165, 1.54) is 12.1 Å². The van der Waals surface area contributed by atoms with Crippen LogP contribution in [0.15, 0.2) is 46.0 Å². The first-order chi connectivity index (χ1) is 14.6. The molecule has 1 aliphatic carbocycles. The Balaban J connectivity index is 1.62. The summed E-state index contributed by atoms with van der Waals surface area (Å²) in [4.78, 5) is 44.5. The minimum absolute atomic E-state index is 0.0241. The van der Waals surface area contributed by atoms with Gasteiger partial charge in [0.2, 0.25) is 0 Å². The van der Waals surface area contributed by atoms with Crippen LogP contribution in [0, 0.1) is 0 Å². The SMILES string of the molecule is O=C(c1ccc(=O)[nH]n1)N1CCCC1c1nc2ccccc2c(=O)n1C1CCCC1. The molecule has 3 aromatic rings. The van der Waals surface area contributed by atoms with Crippen LogP contribution < -0.4 is 11.1 Å². The molecule has 2 aromatic heterocycles. The van der Waals surface area contributed by atoms with Crippen molar-refractivity contribution in [2.24, 2.45) is 0 Å². The van der Waals surface area contributed by atoms with E-state index in [0.29, 0.717) is 23.3 Å². The van der Waals surface area contributed by atoms with Gasteiger partial charge in [0.15, 0.2) is 0 Å². The van der Waals surface area contributed by atoms with Gasteiger partial charge in [-0.05, 0) is 43.9 Å². The number of aromatic nitrogens is 4. The molecule has 30 heavy (non-hydrogen) atoms. The number of nitrogens with zero attached hydrogens (tertiary/aromatic N) is 4. The fourth-order valence-electron chi connectivity index (χ4n) is 4.80. The number of hydrogen-bond acceptors (Lipinski definition) is 5. The molecule has 1 saturated heterocycles. The summed E-state index contributed by atoms with van der Waals surface area (Å²) in [5.74, 6) is 0.412. The molecule has 8 heteroatoms. The summed E-state index contributed by atoms with van der Waals surface area (Å²) in [6, 6.07) is 9.98. The number of benzene rings is 1. The highest BCUT2D eigenvalue weighted by molar-refractivity contribution is 5.92. The molecule has 0 bridgehead atoms. The van der Waals surface area contributed by atoms with Crippen molar-refractivity contribution in [2.75, 3.05) is 6.54 Å². The summed E-state index contributed by atoms with van der Waals surface area (Å²) in [5, 5.41) is 6.84. The summed E-state index contributed by atoms with van der Waals surface area (Å²) in [7, 11) is 0. The number of carbonyl (C=O) groups is 1. The van der Waals surface area contributed by atoms with Crippen LogP contribution in [0.2, 0.25) is 0 Å². The van der Waals surface area contributed by atoms with Crippen molar-refractivity contribution in [1.29, 1.82) is 0 Å². The topological polar surface area (TPSA) is 101 Å². The maximum Gasteiger partial charge on any atom is 0.274 e. The first-order valence-corrected chi connectivity index (χ1v) is 10.5. The molecule has 0 spiro atoms. The van der Waals surface area contributed by atoms with Crippen LogP contribution >= 0.6 is 0 Å². The predicted molar refractivity (Wildman–Crippen MR) is 111 cm³/mol. The second-order valence-electron chi connectivity index (χ2n) is 8.06. The monoisotopic (exact) mass is 405 g/mol. The van der Waals surface area contributed by atoms with Crippen molar-refractivity contribution in [3.05, 3.63) is 68.6 Å². The lowest BCUT2D eigenvalue weighted by atomic mass is 10.1. The zero-order valence-electron chi connectivity index (χ0n) is 16.6. The number of hydrogen-bond donors (Lipinski definition) is 1. The summed E-state index contributed by atoms with van der Waals surface area (Å²) in [6.45, 7) is 0.567. The minimum Gasteiger partial charge on any atom is -0.327 e. The molecule has 5 rings (SSSR count).